The highest BCUT2D eigenvalue weighted by molar-refractivity contribution is 6.32. The number of nitrogens with zero attached hydrogens (tertiary/aromatic N) is 5. The van der Waals surface area contributed by atoms with E-state index in [0.717, 1.165) is 43.6 Å². The molecule has 136 valence electrons. The van der Waals surface area contributed by atoms with Crippen LogP contribution in [0.3, 0.4) is 0 Å². The highest BCUT2D eigenvalue weighted by atomic mass is 35.5. The van der Waals surface area contributed by atoms with Gasteiger partial charge in [0.1, 0.15) is 5.82 Å². The van der Waals surface area contributed by atoms with Crippen molar-refractivity contribution < 1.29 is 4.52 Å². The lowest BCUT2D eigenvalue weighted by molar-refractivity contribution is 0.229. The molecule has 2 aliphatic rings. The third kappa shape index (κ3) is 2.80. The fourth-order valence-corrected chi connectivity index (χ4v) is 3.33. The van der Waals surface area contributed by atoms with Crippen LogP contribution >= 0.6 is 24.0 Å². The van der Waals surface area contributed by atoms with E-state index in [4.69, 9.17) is 21.9 Å². The van der Waals surface area contributed by atoms with E-state index in [2.05, 4.69) is 20.2 Å². The lowest BCUT2D eigenvalue weighted by Gasteiger charge is -2.34. The third-order valence-electron chi connectivity index (χ3n) is 4.96. The Morgan fingerprint density at radius 1 is 1.19 bits per heavy atom. The van der Waals surface area contributed by atoms with Gasteiger partial charge in [0.15, 0.2) is 5.82 Å². The van der Waals surface area contributed by atoms with Crippen molar-refractivity contribution in [2.75, 3.05) is 0 Å². The van der Waals surface area contributed by atoms with Gasteiger partial charge in [0.05, 0.1) is 16.2 Å². The second-order valence-electron chi connectivity index (χ2n) is 6.86. The zero-order valence-corrected chi connectivity index (χ0v) is 15.5. The summed E-state index contributed by atoms with van der Waals surface area (Å²) in [5, 5.41) is 9.27. The minimum Gasteiger partial charge on any atom is -0.330 e. The Morgan fingerprint density at radius 3 is 2.62 bits per heavy atom. The SMILES string of the molecule is Cl.NC1(c2noc(-c3nc(C4CC4)n(-c4ccccc4Cl)n3)n2)CCC1. The Labute approximate surface area is 161 Å². The monoisotopic (exact) mass is 392 g/mol. The predicted octanol–water partition coefficient (Wildman–Crippen LogP) is 3.61. The highest BCUT2D eigenvalue weighted by Crippen LogP contribution is 2.41. The average molecular weight is 393 g/mol. The number of benzene rings is 1. The molecule has 0 bridgehead atoms. The van der Waals surface area contributed by atoms with E-state index < -0.39 is 5.54 Å². The van der Waals surface area contributed by atoms with Crippen molar-refractivity contribution in [2.24, 2.45) is 5.73 Å². The molecule has 7 nitrogen and oxygen atoms in total. The number of hydrogen-bond acceptors (Lipinski definition) is 6. The lowest BCUT2D eigenvalue weighted by atomic mass is 9.77. The third-order valence-corrected chi connectivity index (χ3v) is 5.28. The standard InChI is InChI=1S/C17H17ClN6O.ClH/c18-11-4-1-2-5-12(11)24-14(10-6-7-10)20-13(22-24)15-21-16(23-25-15)17(19)8-3-9-17;/h1-2,4-5,10H,3,6-9,19H2;1H. The van der Waals surface area contributed by atoms with Crippen LogP contribution in [0.15, 0.2) is 28.8 Å². The van der Waals surface area contributed by atoms with Crippen LogP contribution in [-0.2, 0) is 5.54 Å². The van der Waals surface area contributed by atoms with Crippen LogP contribution in [0.4, 0.5) is 0 Å². The number of rotatable bonds is 4. The van der Waals surface area contributed by atoms with Gasteiger partial charge in [-0.15, -0.1) is 17.5 Å². The van der Waals surface area contributed by atoms with Crippen LogP contribution in [0, 0.1) is 0 Å². The molecular weight excluding hydrogens is 375 g/mol. The highest BCUT2D eigenvalue weighted by Gasteiger charge is 2.39. The molecule has 9 heteroatoms. The molecule has 0 spiro atoms. The van der Waals surface area contributed by atoms with Crippen LogP contribution in [0.25, 0.3) is 17.4 Å². The average Bonchev–Trinajstić information content (AvgIpc) is 3.14. The summed E-state index contributed by atoms with van der Waals surface area (Å²) in [6, 6.07) is 7.59. The Hall–Kier alpha value is -1.96. The van der Waals surface area contributed by atoms with Crippen molar-refractivity contribution in [3.63, 3.8) is 0 Å². The smallest absolute Gasteiger partial charge is 0.297 e. The Kier molecular flexibility index (Phi) is 4.25. The summed E-state index contributed by atoms with van der Waals surface area (Å²) in [6.45, 7) is 0. The molecule has 1 aromatic carbocycles. The van der Waals surface area contributed by atoms with Gasteiger partial charge in [-0.1, -0.05) is 28.9 Å². The lowest BCUT2D eigenvalue weighted by Crippen LogP contribution is -2.44. The molecule has 0 aliphatic heterocycles. The zero-order chi connectivity index (χ0) is 17.0. The number of aromatic nitrogens is 5. The van der Waals surface area contributed by atoms with Crippen LogP contribution in [0.1, 0.15) is 49.7 Å². The van der Waals surface area contributed by atoms with Gasteiger partial charge in [-0.25, -0.2) is 9.67 Å². The first-order valence-corrected chi connectivity index (χ1v) is 8.87. The number of nitrogens with two attached hydrogens (primary N) is 1. The van der Waals surface area contributed by atoms with Crippen molar-refractivity contribution in [3.8, 4) is 17.4 Å². The minimum absolute atomic E-state index is 0. The van der Waals surface area contributed by atoms with Crippen molar-refractivity contribution in [1.29, 1.82) is 0 Å². The summed E-state index contributed by atoms with van der Waals surface area (Å²) >= 11 is 6.34. The molecule has 2 heterocycles. The molecule has 5 rings (SSSR count). The maximum absolute atomic E-state index is 6.34. The van der Waals surface area contributed by atoms with Gasteiger partial charge < -0.3 is 10.3 Å². The first-order valence-electron chi connectivity index (χ1n) is 8.49. The molecule has 2 N–H and O–H groups in total. The van der Waals surface area contributed by atoms with E-state index >= 15 is 0 Å². The number of para-hydroxylation sites is 1. The fourth-order valence-electron chi connectivity index (χ4n) is 3.12. The van der Waals surface area contributed by atoms with Crippen molar-refractivity contribution in [1.82, 2.24) is 24.9 Å². The van der Waals surface area contributed by atoms with Crippen LogP contribution in [0.2, 0.25) is 5.02 Å². The van der Waals surface area contributed by atoms with Gasteiger partial charge in [-0.05, 0) is 44.2 Å². The summed E-state index contributed by atoms with van der Waals surface area (Å²) < 4.78 is 7.19. The largest absolute Gasteiger partial charge is 0.330 e. The van der Waals surface area contributed by atoms with E-state index in [1.54, 1.807) is 4.68 Å². The molecule has 0 saturated heterocycles. The maximum atomic E-state index is 6.34. The normalized spacial score (nSPS) is 18.2. The summed E-state index contributed by atoms with van der Waals surface area (Å²) in [5.41, 5.74) is 6.61. The summed E-state index contributed by atoms with van der Waals surface area (Å²) in [5.74, 6) is 2.54. The van der Waals surface area contributed by atoms with Crippen LogP contribution in [0.5, 0.6) is 0 Å². The summed E-state index contributed by atoms with van der Waals surface area (Å²) in [7, 11) is 0. The Balaban J connectivity index is 0.00000168. The fraction of sp³-hybridized carbons (Fsp3) is 0.412. The molecule has 2 fully saturated rings. The molecular formula is C17H18Cl2N6O. The predicted molar refractivity (Wildman–Crippen MR) is 98.6 cm³/mol. The zero-order valence-electron chi connectivity index (χ0n) is 13.9. The van der Waals surface area contributed by atoms with Gasteiger partial charge in [-0.2, -0.15) is 4.98 Å². The topological polar surface area (TPSA) is 95.7 Å². The molecule has 0 amide bonds. The van der Waals surface area contributed by atoms with Gasteiger partial charge in [-0.3, -0.25) is 0 Å². The van der Waals surface area contributed by atoms with Crippen molar-refractivity contribution in [2.45, 2.75) is 43.6 Å². The van der Waals surface area contributed by atoms with E-state index in [1.165, 1.54) is 0 Å². The molecule has 2 saturated carbocycles. The van der Waals surface area contributed by atoms with Gasteiger partial charge in [0.2, 0.25) is 5.82 Å². The van der Waals surface area contributed by atoms with Crippen LogP contribution in [-0.4, -0.2) is 24.9 Å². The van der Waals surface area contributed by atoms with Crippen molar-refractivity contribution >= 4 is 24.0 Å². The van der Waals surface area contributed by atoms with E-state index in [1.807, 2.05) is 24.3 Å². The van der Waals surface area contributed by atoms with Gasteiger partial charge in [0, 0.05) is 5.92 Å². The first-order chi connectivity index (χ1) is 12.1. The summed E-state index contributed by atoms with van der Waals surface area (Å²) in [6.07, 6.45) is 5.04. The molecule has 2 aromatic heterocycles. The summed E-state index contributed by atoms with van der Waals surface area (Å²) in [4.78, 5) is 9.11. The number of hydrogen-bond donors (Lipinski definition) is 1. The Bertz CT molecular complexity index is 944. The molecule has 2 aliphatic carbocycles. The van der Waals surface area contributed by atoms with E-state index in [9.17, 15) is 0 Å². The van der Waals surface area contributed by atoms with E-state index in [-0.39, 0.29) is 12.4 Å². The first kappa shape index (κ1) is 17.5. The molecule has 0 atom stereocenters. The number of halogens is 2. The van der Waals surface area contributed by atoms with Gasteiger partial charge >= 0.3 is 0 Å². The second-order valence-corrected chi connectivity index (χ2v) is 7.27. The van der Waals surface area contributed by atoms with Gasteiger partial charge in [0.25, 0.3) is 5.89 Å². The maximum Gasteiger partial charge on any atom is 0.297 e. The quantitative estimate of drug-likeness (QED) is 0.728. The molecule has 26 heavy (non-hydrogen) atoms. The minimum atomic E-state index is -0.466. The molecule has 0 radical (unpaired) electrons. The Morgan fingerprint density at radius 2 is 1.96 bits per heavy atom. The van der Waals surface area contributed by atoms with Crippen LogP contribution < -0.4 is 5.73 Å². The van der Waals surface area contributed by atoms with E-state index in [0.29, 0.717) is 28.5 Å². The molecule has 0 unspecified atom stereocenters. The van der Waals surface area contributed by atoms with Crippen molar-refractivity contribution in [3.05, 3.63) is 40.9 Å². The molecule has 3 aromatic rings. The second kappa shape index (κ2) is 6.33.